The second-order valence-electron chi connectivity index (χ2n) is 8.94. The fraction of sp³-hybridized carbons (Fsp3) is 0.750. The van der Waals surface area contributed by atoms with Crippen LogP contribution < -0.4 is 0 Å². The number of carbonyl (C=O) groups is 1. The highest BCUT2D eigenvalue weighted by Crippen LogP contribution is 2.64. The number of aliphatic hydroxyl groups is 1. The summed E-state index contributed by atoms with van der Waals surface area (Å²) >= 11 is 0. The van der Waals surface area contributed by atoms with Crippen molar-refractivity contribution in [1.29, 1.82) is 0 Å². The maximum Gasteiger partial charge on any atom is 0.310 e. The Hall–Kier alpha value is -1.09. The van der Waals surface area contributed by atoms with Gasteiger partial charge < -0.3 is 10.2 Å². The molecule has 0 aromatic rings. The minimum absolute atomic E-state index is 0.0255. The second-order valence-corrected chi connectivity index (χ2v) is 8.94. The molecule has 0 bridgehead atoms. The van der Waals surface area contributed by atoms with Gasteiger partial charge in [-0.15, -0.1) is 6.58 Å². The standard InChI is InChI=1S/C20H30O3/c1-5-19(4)10-7-14-13(12-19)15(21)11-16-18(2,3)8-6-9-20(14,16)17(22)23/h5,12,14-16,21H,1,6-11H2,2-4H3,(H,22,23)/t14-,15-,16-,19-,20-/m0/s1. The molecule has 128 valence electrons. The number of hydrogen-bond acceptors (Lipinski definition) is 2. The first-order chi connectivity index (χ1) is 10.7. The lowest BCUT2D eigenvalue weighted by molar-refractivity contribution is -0.175. The van der Waals surface area contributed by atoms with Crippen molar-refractivity contribution in [1.82, 2.24) is 0 Å². The first-order valence-electron chi connectivity index (χ1n) is 8.94. The summed E-state index contributed by atoms with van der Waals surface area (Å²) in [6, 6.07) is 0. The number of allylic oxidation sites excluding steroid dienone is 2. The topological polar surface area (TPSA) is 57.5 Å². The van der Waals surface area contributed by atoms with Crippen LogP contribution in [0.5, 0.6) is 0 Å². The third-order valence-electron chi connectivity index (χ3n) is 7.18. The van der Waals surface area contributed by atoms with Crippen molar-refractivity contribution >= 4 is 5.97 Å². The van der Waals surface area contributed by atoms with Crippen LogP contribution in [0.15, 0.2) is 24.3 Å². The highest BCUT2D eigenvalue weighted by molar-refractivity contribution is 5.77. The van der Waals surface area contributed by atoms with Crippen LogP contribution in [-0.4, -0.2) is 22.3 Å². The molecule has 0 saturated heterocycles. The van der Waals surface area contributed by atoms with E-state index in [9.17, 15) is 15.0 Å². The van der Waals surface area contributed by atoms with Crippen LogP contribution in [0.2, 0.25) is 0 Å². The van der Waals surface area contributed by atoms with E-state index < -0.39 is 17.5 Å². The molecule has 0 heterocycles. The van der Waals surface area contributed by atoms with Crippen molar-refractivity contribution in [2.45, 2.75) is 65.4 Å². The molecule has 0 aliphatic heterocycles. The van der Waals surface area contributed by atoms with E-state index in [1.165, 1.54) is 0 Å². The van der Waals surface area contributed by atoms with Gasteiger partial charge in [0.1, 0.15) is 0 Å². The summed E-state index contributed by atoms with van der Waals surface area (Å²) in [5.74, 6) is -0.631. The van der Waals surface area contributed by atoms with Gasteiger partial charge in [-0.3, -0.25) is 4.79 Å². The number of rotatable bonds is 2. The number of aliphatic carboxylic acids is 1. The Balaban J connectivity index is 2.13. The normalized spacial score (nSPS) is 45.4. The third-order valence-corrected chi connectivity index (χ3v) is 7.18. The first-order valence-corrected chi connectivity index (χ1v) is 8.94. The number of carboxylic acids is 1. The molecule has 0 aromatic heterocycles. The predicted octanol–water partition coefficient (Wildman–Crippen LogP) is 4.18. The summed E-state index contributed by atoms with van der Waals surface area (Å²) in [6.45, 7) is 10.4. The number of hydrogen-bond donors (Lipinski definition) is 2. The van der Waals surface area contributed by atoms with Crippen LogP contribution in [0, 0.1) is 28.1 Å². The van der Waals surface area contributed by atoms with Crippen molar-refractivity contribution in [3.05, 3.63) is 24.3 Å². The molecule has 2 fully saturated rings. The van der Waals surface area contributed by atoms with Gasteiger partial charge >= 0.3 is 5.97 Å². The molecule has 3 heteroatoms. The van der Waals surface area contributed by atoms with Gasteiger partial charge in [-0.25, -0.2) is 0 Å². The number of fused-ring (bicyclic) bond motifs is 3. The largest absolute Gasteiger partial charge is 0.481 e. The quantitative estimate of drug-likeness (QED) is 0.751. The highest BCUT2D eigenvalue weighted by atomic mass is 16.4. The Morgan fingerprint density at radius 3 is 2.61 bits per heavy atom. The molecule has 0 spiro atoms. The molecule has 3 aliphatic rings. The van der Waals surface area contributed by atoms with E-state index in [-0.39, 0.29) is 22.7 Å². The van der Waals surface area contributed by atoms with Crippen molar-refractivity contribution in [3.8, 4) is 0 Å². The molecular formula is C20H30O3. The average Bonchev–Trinajstić information content (AvgIpc) is 2.48. The van der Waals surface area contributed by atoms with E-state index in [1.54, 1.807) is 0 Å². The van der Waals surface area contributed by atoms with Crippen molar-refractivity contribution in [3.63, 3.8) is 0 Å². The van der Waals surface area contributed by atoms with Crippen LogP contribution in [0.1, 0.15) is 59.3 Å². The van der Waals surface area contributed by atoms with Gasteiger partial charge in [0, 0.05) is 5.41 Å². The maximum atomic E-state index is 12.5. The fourth-order valence-corrected chi connectivity index (χ4v) is 5.81. The SMILES string of the molecule is C=C[C@]1(C)C=C2[C@@H](O)C[C@H]3C(C)(C)CCC[C@]3(C(=O)O)[C@H]2CC1. The van der Waals surface area contributed by atoms with E-state index >= 15 is 0 Å². The van der Waals surface area contributed by atoms with Gasteiger partial charge in [-0.2, -0.15) is 0 Å². The van der Waals surface area contributed by atoms with Gasteiger partial charge in [-0.05, 0) is 54.9 Å². The van der Waals surface area contributed by atoms with Gasteiger partial charge in [0.2, 0.25) is 0 Å². The summed E-state index contributed by atoms with van der Waals surface area (Å²) in [5, 5.41) is 21.0. The minimum atomic E-state index is -0.699. The number of carboxylic acid groups (broad SMARTS) is 1. The highest BCUT2D eigenvalue weighted by Gasteiger charge is 2.62. The van der Waals surface area contributed by atoms with E-state index in [0.29, 0.717) is 6.42 Å². The zero-order valence-electron chi connectivity index (χ0n) is 14.6. The number of aliphatic hydroxyl groups excluding tert-OH is 1. The monoisotopic (exact) mass is 318 g/mol. The van der Waals surface area contributed by atoms with Gasteiger partial charge in [0.15, 0.2) is 0 Å². The zero-order valence-corrected chi connectivity index (χ0v) is 14.6. The predicted molar refractivity (Wildman–Crippen MR) is 90.9 cm³/mol. The van der Waals surface area contributed by atoms with E-state index in [0.717, 1.165) is 37.7 Å². The van der Waals surface area contributed by atoms with Crippen LogP contribution in [0.3, 0.4) is 0 Å². The molecular weight excluding hydrogens is 288 g/mol. The van der Waals surface area contributed by atoms with E-state index in [2.05, 4.69) is 33.4 Å². The molecule has 0 unspecified atom stereocenters. The van der Waals surface area contributed by atoms with Crippen LogP contribution in [0.4, 0.5) is 0 Å². The van der Waals surface area contributed by atoms with Crippen LogP contribution in [0.25, 0.3) is 0 Å². The Morgan fingerprint density at radius 2 is 2.00 bits per heavy atom. The summed E-state index contributed by atoms with van der Waals surface area (Å²) in [5.41, 5.74) is 0.122. The molecule has 0 radical (unpaired) electrons. The molecule has 3 aliphatic carbocycles. The van der Waals surface area contributed by atoms with Crippen LogP contribution >= 0.6 is 0 Å². The van der Waals surface area contributed by atoms with Crippen molar-refractivity contribution < 1.29 is 15.0 Å². The molecule has 0 aromatic carbocycles. The molecule has 0 amide bonds. The lowest BCUT2D eigenvalue weighted by atomic mass is 9.44. The smallest absolute Gasteiger partial charge is 0.310 e. The lowest BCUT2D eigenvalue weighted by Crippen LogP contribution is -2.59. The molecule has 3 rings (SSSR count). The van der Waals surface area contributed by atoms with Gasteiger partial charge in [0.25, 0.3) is 0 Å². The summed E-state index contributed by atoms with van der Waals surface area (Å²) in [6.07, 6.45) is 8.65. The Labute approximate surface area is 139 Å². The lowest BCUT2D eigenvalue weighted by Gasteiger charge is -2.59. The van der Waals surface area contributed by atoms with E-state index in [1.807, 2.05) is 6.08 Å². The molecule has 5 atom stereocenters. The zero-order chi connectivity index (χ0) is 17.0. The third kappa shape index (κ3) is 2.31. The Bertz CT molecular complexity index is 561. The average molecular weight is 318 g/mol. The van der Waals surface area contributed by atoms with E-state index in [4.69, 9.17) is 0 Å². The minimum Gasteiger partial charge on any atom is -0.481 e. The summed E-state index contributed by atoms with van der Waals surface area (Å²) in [4.78, 5) is 12.5. The molecule has 23 heavy (non-hydrogen) atoms. The first kappa shape index (κ1) is 16.8. The van der Waals surface area contributed by atoms with Crippen LogP contribution in [-0.2, 0) is 4.79 Å². The molecule has 3 nitrogen and oxygen atoms in total. The van der Waals surface area contributed by atoms with Gasteiger partial charge in [-0.1, -0.05) is 39.3 Å². The summed E-state index contributed by atoms with van der Waals surface area (Å²) in [7, 11) is 0. The molecule has 2 saturated carbocycles. The van der Waals surface area contributed by atoms with Crippen molar-refractivity contribution in [2.75, 3.05) is 0 Å². The summed E-state index contributed by atoms with van der Waals surface area (Å²) < 4.78 is 0. The second kappa shape index (κ2) is 5.20. The Morgan fingerprint density at radius 1 is 1.30 bits per heavy atom. The fourth-order valence-electron chi connectivity index (χ4n) is 5.81. The van der Waals surface area contributed by atoms with Crippen molar-refractivity contribution in [2.24, 2.45) is 28.1 Å². The maximum absolute atomic E-state index is 12.5. The molecule has 2 N–H and O–H groups in total. The Kier molecular flexibility index (Phi) is 3.79. The van der Waals surface area contributed by atoms with Gasteiger partial charge in [0.05, 0.1) is 11.5 Å².